The summed E-state index contributed by atoms with van der Waals surface area (Å²) in [6.07, 6.45) is 21.9. The fourth-order valence-electron chi connectivity index (χ4n) is 10.7. The minimum Gasteiger partial charge on any atom is -0.587 e. The van der Waals surface area contributed by atoms with Crippen molar-refractivity contribution < 1.29 is 11.4 Å². The minimum absolute atomic E-state index is 0.145. The third kappa shape index (κ3) is 8.91. The number of fused-ring (bicyclic) bond motifs is 2. The maximum absolute atomic E-state index is 6.92. The quantitative estimate of drug-likeness (QED) is 0.151. The van der Waals surface area contributed by atoms with Crippen LogP contribution < -0.4 is 7.58 Å². The molecule has 2 aromatic heterocycles. The van der Waals surface area contributed by atoms with E-state index in [4.69, 9.17) is 21.3 Å². The summed E-state index contributed by atoms with van der Waals surface area (Å²) in [6.45, 7) is 9.04. The molecule has 0 bridgehead atoms. The number of nitrogens with zero attached hydrogens (tertiary/aromatic N) is 3. The highest BCUT2D eigenvalue weighted by molar-refractivity contribution is 6.39. The van der Waals surface area contributed by atoms with Gasteiger partial charge in [0.05, 0.1) is 0 Å². The Morgan fingerprint density at radius 2 is 1.08 bits per heavy atom. The van der Waals surface area contributed by atoms with Gasteiger partial charge in [0, 0.05) is 46.4 Å². The van der Waals surface area contributed by atoms with Crippen molar-refractivity contribution >= 4 is 37.0 Å². The van der Waals surface area contributed by atoms with Crippen molar-refractivity contribution in [2.75, 3.05) is 0 Å². The van der Waals surface area contributed by atoms with Gasteiger partial charge >= 0.3 is 15.1 Å². The average molecular weight is 732 g/mol. The van der Waals surface area contributed by atoms with Crippen molar-refractivity contribution in [2.45, 2.75) is 155 Å². The van der Waals surface area contributed by atoms with Gasteiger partial charge in [-0.15, -0.1) is 0 Å². The fraction of sp³-hybridized carbons (Fsp3) is 0.609. The normalized spacial score (nSPS) is 29.7. The van der Waals surface area contributed by atoms with Crippen molar-refractivity contribution in [1.82, 2.24) is 14.9 Å². The van der Waals surface area contributed by atoms with Gasteiger partial charge in [0.2, 0.25) is 0 Å². The highest BCUT2D eigenvalue weighted by Gasteiger charge is 2.45. The van der Waals surface area contributed by atoms with Crippen LogP contribution in [0.2, 0.25) is 0 Å². The van der Waals surface area contributed by atoms with Crippen LogP contribution >= 0.6 is 0 Å². The zero-order valence-corrected chi connectivity index (χ0v) is 34.0. The van der Waals surface area contributed by atoms with Crippen LogP contribution in [0.4, 0.5) is 0 Å². The zero-order valence-electron chi connectivity index (χ0n) is 32.8. The van der Waals surface area contributed by atoms with Gasteiger partial charge in [-0.05, 0) is 152 Å². The lowest BCUT2D eigenvalue weighted by molar-refractivity contribution is -0.00508. The SMILES string of the molecule is Cc1ccc2cccc([O][Al]([O]c3cccc4ccc(C)nc34)[O]C3CCC(C4CCC(N(C5CCC(C)CC5)C5CCCC(C)C5)CC4)CC3)c2n1. The molecule has 0 radical (unpaired) electrons. The van der Waals surface area contributed by atoms with Crippen molar-refractivity contribution in [2.24, 2.45) is 23.7 Å². The van der Waals surface area contributed by atoms with Crippen LogP contribution in [0.3, 0.4) is 0 Å². The molecule has 6 nitrogen and oxygen atoms in total. The number of rotatable bonds is 10. The van der Waals surface area contributed by atoms with Gasteiger partial charge in [0.1, 0.15) is 22.5 Å². The lowest BCUT2D eigenvalue weighted by Crippen LogP contribution is -2.53. The van der Waals surface area contributed by atoms with Crippen LogP contribution in [-0.4, -0.2) is 54.2 Å². The van der Waals surface area contributed by atoms with E-state index in [9.17, 15) is 0 Å². The second kappa shape index (κ2) is 17.0. The van der Waals surface area contributed by atoms with E-state index in [1.54, 1.807) is 0 Å². The maximum atomic E-state index is 6.92. The van der Waals surface area contributed by atoms with Gasteiger partial charge in [-0.3, -0.25) is 4.90 Å². The molecule has 0 aliphatic heterocycles. The molecule has 4 fully saturated rings. The number of para-hydroxylation sites is 2. The number of pyridine rings is 2. The molecule has 4 aromatic rings. The summed E-state index contributed by atoms with van der Waals surface area (Å²) < 4.78 is 20.4. The van der Waals surface area contributed by atoms with E-state index in [0.717, 1.165) is 99.3 Å². The Morgan fingerprint density at radius 1 is 0.547 bits per heavy atom. The summed E-state index contributed by atoms with van der Waals surface area (Å²) in [5.41, 5.74) is 3.65. The van der Waals surface area contributed by atoms with Crippen LogP contribution in [0, 0.1) is 37.5 Å². The van der Waals surface area contributed by atoms with Gasteiger partial charge in [-0.2, -0.15) is 0 Å². The van der Waals surface area contributed by atoms with Gasteiger partial charge < -0.3 is 11.4 Å². The van der Waals surface area contributed by atoms with Gasteiger partial charge in [-0.1, -0.05) is 63.1 Å². The van der Waals surface area contributed by atoms with Crippen LogP contribution in [-0.2, 0) is 3.79 Å². The standard InChI is InChI=1S/C26H46NO.2C10H9NO.Al/c1-19-6-12-23(13-7-19)27(25-5-3-4-20(2)18-25)24-14-8-21(9-15-24)22-10-16-26(28)17-11-22;2*1-7-5-6-8-3-2-4-9(12)10(8)11-7;/h19-26H,3-18H2,1-2H3;2*2-6,12H,1H3;/q-1;;;+3/p-2. The van der Waals surface area contributed by atoms with Crippen molar-refractivity contribution in [1.29, 1.82) is 0 Å². The summed E-state index contributed by atoms with van der Waals surface area (Å²) in [4.78, 5) is 12.8. The molecule has 0 N–H and O–H groups in total. The fourth-order valence-corrected chi connectivity index (χ4v) is 12.3. The Kier molecular flexibility index (Phi) is 11.9. The first-order chi connectivity index (χ1) is 25.9. The van der Waals surface area contributed by atoms with E-state index < -0.39 is 15.1 Å². The third-order valence-corrected chi connectivity index (χ3v) is 15.2. The van der Waals surface area contributed by atoms with E-state index in [2.05, 4.69) is 43.0 Å². The van der Waals surface area contributed by atoms with Crippen LogP contribution in [0.5, 0.6) is 11.5 Å². The Hall–Kier alpha value is -2.69. The zero-order chi connectivity index (χ0) is 36.3. The van der Waals surface area contributed by atoms with Gasteiger partial charge in [-0.25, -0.2) is 9.97 Å². The largest absolute Gasteiger partial charge is 1.10 e. The molecule has 282 valence electrons. The molecule has 4 saturated carbocycles. The second-order valence-electron chi connectivity index (χ2n) is 17.6. The molecular weight excluding hydrogens is 670 g/mol. The first-order valence-electron chi connectivity index (χ1n) is 21.3. The molecule has 2 atom stereocenters. The third-order valence-electron chi connectivity index (χ3n) is 13.7. The van der Waals surface area contributed by atoms with E-state index in [-0.39, 0.29) is 6.10 Å². The second-order valence-corrected chi connectivity index (χ2v) is 18.9. The molecule has 53 heavy (non-hydrogen) atoms. The van der Waals surface area contributed by atoms with Crippen LogP contribution in [0.15, 0.2) is 60.7 Å². The van der Waals surface area contributed by atoms with Crippen molar-refractivity contribution in [3.8, 4) is 11.5 Å². The number of benzene rings is 2. The molecule has 2 unspecified atom stereocenters. The number of aryl methyl sites for hydroxylation is 2. The summed E-state index contributed by atoms with van der Waals surface area (Å²) in [7, 11) is 0. The Balaban J connectivity index is 0.922. The highest BCUT2D eigenvalue weighted by atomic mass is 27.3. The van der Waals surface area contributed by atoms with Crippen LogP contribution in [0.25, 0.3) is 21.8 Å². The molecule has 8 rings (SSSR count). The maximum Gasteiger partial charge on any atom is 1.10 e. The summed E-state index contributed by atoms with van der Waals surface area (Å²) in [6, 6.07) is 23.0. The van der Waals surface area contributed by atoms with Crippen molar-refractivity contribution in [3.05, 3.63) is 72.1 Å². The average Bonchev–Trinajstić information content (AvgIpc) is 3.17. The van der Waals surface area contributed by atoms with E-state index in [1.165, 1.54) is 89.9 Å². The lowest BCUT2D eigenvalue weighted by atomic mass is 9.71. The number of aromatic nitrogens is 2. The summed E-state index contributed by atoms with van der Waals surface area (Å²) in [5, 5.41) is 2.12. The highest BCUT2D eigenvalue weighted by Crippen LogP contribution is 2.44. The Morgan fingerprint density at radius 3 is 1.62 bits per heavy atom. The van der Waals surface area contributed by atoms with Gasteiger partial charge in [0.15, 0.2) is 0 Å². The van der Waals surface area contributed by atoms with Crippen LogP contribution in [0.1, 0.15) is 128 Å². The molecule has 0 saturated heterocycles. The molecule has 4 aliphatic rings. The van der Waals surface area contributed by atoms with Gasteiger partial charge in [0.25, 0.3) is 0 Å². The number of hydrogen-bond acceptors (Lipinski definition) is 6. The smallest absolute Gasteiger partial charge is 0.587 e. The first kappa shape index (κ1) is 37.2. The van der Waals surface area contributed by atoms with E-state index in [1.807, 2.05) is 50.2 Å². The molecule has 2 aromatic carbocycles. The molecule has 7 heteroatoms. The predicted molar refractivity (Wildman–Crippen MR) is 217 cm³/mol. The monoisotopic (exact) mass is 731 g/mol. The topological polar surface area (TPSA) is 56.7 Å². The summed E-state index contributed by atoms with van der Waals surface area (Å²) >= 11 is -2.70. The van der Waals surface area contributed by atoms with Crippen molar-refractivity contribution in [3.63, 3.8) is 0 Å². The predicted octanol–water partition coefficient (Wildman–Crippen LogP) is 11.4. The lowest BCUT2D eigenvalue weighted by Gasteiger charge is -2.50. The molecule has 4 aliphatic carbocycles. The summed E-state index contributed by atoms with van der Waals surface area (Å²) in [5.74, 6) is 4.96. The molecular formula is C46H62AlN3O3. The van der Waals surface area contributed by atoms with E-state index in [0.29, 0.717) is 0 Å². The minimum atomic E-state index is -2.70. The Labute approximate surface area is 323 Å². The molecule has 2 heterocycles. The molecule has 0 spiro atoms. The number of hydrogen-bond donors (Lipinski definition) is 0. The van der Waals surface area contributed by atoms with E-state index >= 15 is 0 Å². The Bertz CT molecular complexity index is 1720. The first-order valence-corrected chi connectivity index (χ1v) is 22.8. The molecule has 0 amide bonds.